The zero-order chi connectivity index (χ0) is 24.1. The molecule has 4 nitrogen and oxygen atoms in total. The van der Waals surface area contributed by atoms with Gasteiger partial charge in [-0.25, -0.2) is 0 Å². The van der Waals surface area contributed by atoms with Crippen LogP contribution in [0.15, 0.2) is 91.0 Å². The number of ether oxygens (including phenoxy) is 2. The first-order valence-electron chi connectivity index (χ1n) is 10.9. The lowest BCUT2D eigenvalue weighted by molar-refractivity contribution is -0.132. The third-order valence-electron chi connectivity index (χ3n) is 5.37. The third-order valence-corrected chi connectivity index (χ3v) is 5.85. The van der Waals surface area contributed by atoms with Crippen molar-refractivity contribution in [3.05, 3.63) is 102 Å². The molecule has 4 rings (SSSR count). The molecule has 0 aliphatic heterocycles. The number of halogens is 1. The second kappa shape index (κ2) is 11.9. The fourth-order valence-electron chi connectivity index (χ4n) is 3.98. The van der Waals surface area contributed by atoms with Crippen molar-refractivity contribution < 1.29 is 19.1 Å². The summed E-state index contributed by atoms with van der Waals surface area (Å²) in [6.45, 7) is 2.78. The normalized spacial score (nSPS) is 10.3. The Morgan fingerprint density at radius 1 is 0.657 bits per heavy atom. The molecule has 1 unspecified atom stereocenters. The molecule has 0 heterocycles. The van der Waals surface area contributed by atoms with Crippen molar-refractivity contribution >= 4 is 43.5 Å². The van der Waals surface area contributed by atoms with Crippen LogP contribution in [0.4, 0.5) is 0 Å². The van der Waals surface area contributed by atoms with Crippen molar-refractivity contribution in [1.29, 1.82) is 0 Å². The average Bonchev–Trinajstić information content (AvgIpc) is 2.81. The van der Waals surface area contributed by atoms with E-state index in [0.29, 0.717) is 11.5 Å². The summed E-state index contributed by atoms with van der Waals surface area (Å²) in [4.78, 5) is 22.7. The molecule has 1 atom stereocenters. The molecule has 178 valence electrons. The molecule has 0 fully saturated rings. The number of benzene rings is 4. The van der Waals surface area contributed by atoms with Gasteiger partial charge in [0.2, 0.25) is 0 Å². The smallest absolute Gasteiger partial charge is 0.308 e. The maximum Gasteiger partial charge on any atom is 0.308 e. The number of hydrogen-bond acceptors (Lipinski definition) is 4. The lowest BCUT2D eigenvalue weighted by Crippen LogP contribution is -2.05. The van der Waals surface area contributed by atoms with Crippen molar-refractivity contribution in [3.63, 3.8) is 0 Å². The van der Waals surface area contributed by atoms with Crippen LogP contribution in [0.5, 0.6) is 11.5 Å². The van der Waals surface area contributed by atoms with Gasteiger partial charge in [-0.05, 0) is 69.4 Å². The van der Waals surface area contributed by atoms with Gasteiger partial charge in [0.15, 0.2) is 0 Å². The summed E-state index contributed by atoms with van der Waals surface area (Å²) in [6.07, 6.45) is 0.769. The Labute approximate surface area is 218 Å². The minimum Gasteiger partial charge on any atom is -0.427 e. The van der Waals surface area contributed by atoms with E-state index in [1.165, 1.54) is 25.0 Å². The monoisotopic (exact) mass is 548 g/mol. The zero-order valence-corrected chi connectivity index (χ0v) is 22.4. The minimum absolute atomic E-state index is 0. The molecule has 0 aromatic heterocycles. The zero-order valence-electron chi connectivity index (χ0n) is 19.5. The van der Waals surface area contributed by atoms with Gasteiger partial charge in [0.25, 0.3) is 0 Å². The Hall–Kier alpha value is -3.27. The van der Waals surface area contributed by atoms with E-state index >= 15 is 0 Å². The Balaban J connectivity index is 0.00000342. The van der Waals surface area contributed by atoms with Gasteiger partial charge < -0.3 is 9.47 Å². The van der Waals surface area contributed by atoms with E-state index in [9.17, 15) is 9.59 Å². The highest BCUT2D eigenvalue weighted by Gasteiger charge is 2.16. The Kier molecular flexibility index (Phi) is 8.97. The first kappa shape index (κ1) is 26.3. The van der Waals surface area contributed by atoms with Crippen LogP contribution in [0.2, 0.25) is 0 Å². The molecule has 35 heavy (non-hydrogen) atoms. The molecule has 0 radical (unpaired) electrons. The number of carbonyl (C=O) groups is 2. The largest absolute Gasteiger partial charge is 0.427 e. The quantitative estimate of drug-likeness (QED) is 0.156. The predicted octanol–water partition coefficient (Wildman–Crippen LogP) is 6.54. The highest BCUT2D eigenvalue weighted by molar-refractivity contribution is 8.93. The van der Waals surface area contributed by atoms with Gasteiger partial charge in [0, 0.05) is 13.8 Å². The standard InChI is InChI=1S/C29H25O4P.BrH/c1-19(30)32-25-13-8-22(9-14-25)28-24(18-21-6-4-3-5-7-21)12-17-27(34)29(28)23-10-15-26(16-11-23)33-20(2)31;/h3-17H,18,34H2,1-2H3;1H. The van der Waals surface area contributed by atoms with Crippen molar-refractivity contribution in [2.75, 3.05) is 0 Å². The van der Waals surface area contributed by atoms with Crippen molar-refractivity contribution in [2.45, 2.75) is 20.3 Å². The van der Waals surface area contributed by atoms with Crippen LogP contribution in [0.3, 0.4) is 0 Å². The van der Waals surface area contributed by atoms with Gasteiger partial charge in [-0.3, -0.25) is 9.59 Å². The van der Waals surface area contributed by atoms with Crippen LogP contribution in [0.1, 0.15) is 25.0 Å². The molecular formula is C29H26BrO4P. The van der Waals surface area contributed by atoms with Crippen LogP contribution in [-0.4, -0.2) is 11.9 Å². The molecule has 0 amide bonds. The summed E-state index contributed by atoms with van der Waals surface area (Å²) < 4.78 is 10.4. The number of carbonyl (C=O) groups excluding carboxylic acids is 2. The first-order chi connectivity index (χ1) is 16.4. The topological polar surface area (TPSA) is 52.6 Å². The molecule has 0 bridgehead atoms. The van der Waals surface area contributed by atoms with Crippen LogP contribution in [0, 0.1) is 0 Å². The van der Waals surface area contributed by atoms with Gasteiger partial charge in [-0.1, -0.05) is 66.7 Å². The van der Waals surface area contributed by atoms with Crippen LogP contribution >= 0.6 is 26.2 Å². The van der Waals surface area contributed by atoms with Gasteiger partial charge in [0.1, 0.15) is 11.5 Å². The number of rotatable bonds is 6. The molecule has 4 aromatic carbocycles. The first-order valence-corrected chi connectivity index (χ1v) is 11.5. The van der Waals surface area contributed by atoms with Crippen LogP contribution in [-0.2, 0) is 16.0 Å². The number of hydrogen-bond donors (Lipinski definition) is 0. The summed E-state index contributed by atoms with van der Waals surface area (Å²) in [7, 11) is 2.83. The fourth-order valence-corrected chi connectivity index (χ4v) is 4.38. The molecule has 0 saturated heterocycles. The summed E-state index contributed by atoms with van der Waals surface area (Å²) in [5.74, 6) is 0.320. The summed E-state index contributed by atoms with van der Waals surface area (Å²) in [6, 6.07) is 29.7. The molecule has 0 aliphatic rings. The van der Waals surface area contributed by atoms with Gasteiger partial charge >= 0.3 is 11.9 Å². The van der Waals surface area contributed by atoms with E-state index in [1.54, 1.807) is 12.1 Å². The maximum absolute atomic E-state index is 11.3. The SMILES string of the molecule is Br.CC(=O)Oc1ccc(-c2c(P)ccc(Cc3ccccc3)c2-c2ccc(OC(C)=O)cc2)cc1. The second-order valence-electron chi connectivity index (χ2n) is 7.96. The van der Waals surface area contributed by atoms with E-state index in [0.717, 1.165) is 34.0 Å². The van der Waals surface area contributed by atoms with E-state index in [2.05, 4.69) is 33.5 Å². The molecular weight excluding hydrogens is 523 g/mol. The highest BCUT2D eigenvalue weighted by Crippen LogP contribution is 2.37. The third kappa shape index (κ3) is 6.66. The van der Waals surface area contributed by atoms with Gasteiger partial charge in [-0.15, -0.1) is 26.2 Å². The second-order valence-corrected chi connectivity index (χ2v) is 8.58. The lowest BCUT2D eigenvalue weighted by Gasteiger charge is -2.19. The summed E-state index contributed by atoms with van der Waals surface area (Å²) in [5, 5.41) is 1.05. The van der Waals surface area contributed by atoms with Crippen molar-refractivity contribution in [3.8, 4) is 33.8 Å². The number of esters is 2. The molecule has 0 N–H and O–H groups in total. The van der Waals surface area contributed by atoms with Crippen LogP contribution in [0.25, 0.3) is 22.3 Å². The van der Waals surface area contributed by atoms with Gasteiger partial charge in [0.05, 0.1) is 0 Å². The van der Waals surface area contributed by atoms with Crippen molar-refractivity contribution in [1.82, 2.24) is 0 Å². The van der Waals surface area contributed by atoms with Crippen molar-refractivity contribution in [2.24, 2.45) is 0 Å². The average molecular weight is 549 g/mol. The minimum atomic E-state index is -0.349. The fraction of sp³-hybridized carbons (Fsp3) is 0.103. The van der Waals surface area contributed by atoms with E-state index in [4.69, 9.17) is 9.47 Å². The molecule has 0 spiro atoms. The van der Waals surface area contributed by atoms with E-state index in [1.807, 2.05) is 54.6 Å². The maximum atomic E-state index is 11.3. The Morgan fingerprint density at radius 2 is 1.14 bits per heavy atom. The Morgan fingerprint density at radius 3 is 1.63 bits per heavy atom. The van der Waals surface area contributed by atoms with E-state index in [-0.39, 0.29) is 28.9 Å². The predicted molar refractivity (Wildman–Crippen MR) is 149 cm³/mol. The van der Waals surface area contributed by atoms with Crippen LogP contribution < -0.4 is 14.8 Å². The van der Waals surface area contributed by atoms with Gasteiger partial charge in [-0.2, -0.15) is 0 Å². The highest BCUT2D eigenvalue weighted by atomic mass is 79.9. The van der Waals surface area contributed by atoms with E-state index < -0.39 is 0 Å². The molecule has 0 aliphatic carbocycles. The lowest BCUT2D eigenvalue weighted by atomic mass is 9.88. The Bertz CT molecular complexity index is 1320. The molecule has 6 heteroatoms. The summed E-state index contributed by atoms with van der Waals surface area (Å²) >= 11 is 0. The summed E-state index contributed by atoms with van der Waals surface area (Å²) in [5.41, 5.74) is 6.60. The molecule has 4 aromatic rings. The molecule has 0 saturated carbocycles.